The summed E-state index contributed by atoms with van der Waals surface area (Å²) in [6.07, 6.45) is 2.41. The second-order valence-electron chi connectivity index (χ2n) is 4.87. The minimum Gasteiger partial charge on any atom is -0.481 e. The minimum atomic E-state index is -0.775. The van der Waals surface area contributed by atoms with Gasteiger partial charge in [0.2, 0.25) is 0 Å². The topological polar surface area (TPSA) is 82.2 Å². The second-order valence-corrected chi connectivity index (χ2v) is 5.79. The molecule has 0 saturated heterocycles. The van der Waals surface area contributed by atoms with E-state index in [0.29, 0.717) is 18.7 Å². The van der Waals surface area contributed by atoms with Crippen molar-refractivity contribution in [1.29, 1.82) is 0 Å². The van der Waals surface area contributed by atoms with Crippen LogP contribution >= 0.6 is 15.9 Å². The lowest BCUT2D eigenvalue weighted by molar-refractivity contribution is -0.137. The molecule has 0 fully saturated rings. The van der Waals surface area contributed by atoms with E-state index in [9.17, 15) is 9.59 Å². The maximum atomic E-state index is 12.0. The monoisotopic (exact) mass is 352 g/mol. The number of carbonyl (C=O) groups excluding carboxylic acids is 1. The van der Waals surface area contributed by atoms with Crippen molar-refractivity contribution in [3.05, 3.63) is 34.4 Å². The van der Waals surface area contributed by atoms with Crippen LogP contribution in [0.5, 0.6) is 0 Å². The molecule has 0 saturated carbocycles. The smallest absolute Gasteiger partial charge is 0.303 e. The molecule has 1 heterocycles. The molecule has 1 aromatic heterocycles. The van der Waals surface area contributed by atoms with Gasteiger partial charge in [0, 0.05) is 28.3 Å². The quantitative estimate of drug-likeness (QED) is 0.668. The van der Waals surface area contributed by atoms with Crippen molar-refractivity contribution >= 4 is 38.7 Å². The third-order valence-electron chi connectivity index (χ3n) is 3.18. The number of H-pyrrole nitrogens is 1. The van der Waals surface area contributed by atoms with Gasteiger partial charge in [0.1, 0.15) is 5.69 Å². The van der Waals surface area contributed by atoms with E-state index in [4.69, 9.17) is 5.11 Å². The lowest BCUT2D eigenvalue weighted by atomic mass is 10.2. The molecule has 0 aliphatic heterocycles. The largest absolute Gasteiger partial charge is 0.481 e. The van der Waals surface area contributed by atoms with Crippen LogP contribution < -0.4 is 5.32 Å². The van der Waals surface area contributed by atoms with E-state index in [0.717, 1.165) is 28.2 Å². The molecule has 2 aromatic rings. The SMILES string of the molecule is O=C(O)CCCCCNC(=O)c1cc2cc(Br)ccc2[nH]1. The van der Waals surface area contributed by atoms with E-state index >= 15 is 0 Å². The molecule has 112 valence electrons. The number of rotatable bonds is 7. The lowest BCUT2D eigenvalue weighted by Gasteiger charge is -2.03. The van der Waals surface area contributed by atoms with E-state index in [2.05, 4.69) is 26.2 Å². The van der Waals surface area contributed by atoms with Gasteiger partial charge in [-0.3, -0.25) is 9.59 Å². The first-order valence-electron chi connectivity index (χ1n) is 6.84. The molecular weight excluding hydrogens is 336 g/mol. The first-order valence-corrected chi connectivity index (χ1v) is 7.64. The Balaban J connectivity index is 1.81. The number of carboxylic acid groups (broad SMARTS) is 1. The highest BCUT2D eigenvalue weighted by Crippen LogP contribution is 2.20. The van der Waals surface area contributed by atoms with Crippen molar-refractivity contribution in [2.45, 2.75) is 25.7 Å². The summed E-state index contributed by atoms with van der Waals surface area (Å²) >= 11 is 3.40. The Labute approximate surface area is 130 Å². The van der Waals surface area contributed by atoms with Crippen LogP contribution in [0, 0.1) is 0 Å². The molecule has 0 aliphatic carbocycles. The third-order valence-corrected chi connectivity index (χ3v) is 3.67. The number of aromatic amines is 1. The van der Waals surface area contributed by atoms with Gasteiger partial charge in [-0.2, -0.15) is 0 Å². The fourth-order valence-electron chi connectivity index (χ4n) is 2.10. The van der Waals surface area contributed by atoms with Gasteiger partial charge in [-0.1, -0.05) is 22.4 Å². The van der Waals surface area contributed by atoms with E-state index in [1.165, 1.54) is 0 Å². The predicted octanol–water partition coefficient (Wildman–Crippen LogP) is 3.31. The summed E-state index contributed by atoms with van der Waals surface area (Å²) in [7, 11) is 0. The number of aliphatic carboxylic acids is 1. The normalized spacial score (nSPS) is 10.7. The summed E-state index contributed by atoms with van der Waals surface area (Å²) in [5.41, 5.74) is 1.46. The molecule has 2 rings (SSSR count). The van der Waals surface area contributed by atoms with Gasteiger partial charge >= 0.3 is 5.97 Å². The predicted molar refractivity (Wildman–Crippen MR) is 84.4 cm³/mol. The number of hydrogen-bond acceptors (Lipinski definition) is 2. The molecule has 0 unspecified atom stereocenters. The molecule has 0 aliphatic rings. The van der Waals surface area contributed by atoms with Crippen molar-refractivity contribution in [1.82, 2.24) is 10.3 Å². The molecule has 3 N–H and O–H groups in total. The molecule has 1 amide bonds. The molecule has 0 bridgehead atoms. The minimum absolute atomic E-state index is 0.138. The third kappa shape index (κ3) is 4.60. The standard InChI is InChI=1S/C15H17BrN2O3/c16-11-5-6-12-10(8-11)9-13(18-12)15(21)17-7-3-1-2-4-14(19)20/h5-6,8-9,18H,1-4,7H2,(H,17,21)(H,19,20). The van der Waals surface area contributed by atoms with Crippen LogP contribution in [-0.2, 0) is 4.79 Å². The lowest BCUT2D eigenvalue weighted by Crippen LogP contribution is -2.24. The Hall–Kier alpha value is -1.82. The number of hydrogen-bond donors (Lipinski definition) is 3. The number of unbranched alkanes of at least 4 members (excludes halogenated alkanes) is 2. The second kappa shape index (κ2) is 7.26. The van der Waals surface area contributed by atoms with Gasteiger partial charge in [0.05, 0.1) is 0 Å². The zero-order valence-corrected chi connectivity index (χ0v) is 13.1. The Bertz CT molecular complexity index is 651. The van der Waals surface area contributed by atoms with Crippen LogP contribution in [0.1, 0.15) is 36.2 Å². The molecule has 21 heavy (non-hydrogen) atoms. The molecular formula is C15H17BrN2O3. The highest BCUT2D eigenvalue weighted by molar-refractivity contribution is 9.10. The van der Waals surface area contributed by atoms with E-state index < -0.39 is 5.97 Å². The maximum absolute atomic E-state index is 12.0. The van der Waals surface area contributed by atoms with Crippen LogP contribution in [0.2, 0.25) is 0 Å². The van der Waals surface area contributed by atoms with E-state index in [-0.39, 0.29) is 12.3 Å². The maximum Gasteiger partial charge on any atom is 0.303 e. The summed E-state index contributed by atoms with van der Waals surface area (Å²) in [5.74, 6) is -0.913. The number of carboxylic acids is 1. The van der Waals surface area contributed by atoms with Gasteiger partial charge in [-0.05, 0) is 37.1 Å². The van der Waals surface area contributed by atoms with Gasteiger partial charge in [0.15, 0.2) is 0 Å². The fourth-order valence-corrected chi connectivity index (χ4v) is 2.48. The van der Waals surface area contributed by atoms with Crippen LogP contribution in [-0.4, -0.2) is 28.5 Å². The van der Waals surface area contributed by atoms with Gasteiger partial charge < -0.3 is 15.4 Å². The highest BCUT2D eigenvalue weighted by atomic mass is 79.9. The average molecular weight is 353 g/mol. The number of halogens is 1. The van der Waals surface area contributed by atoms with Crippen LogP contribution in [0.15, 0.2) is 28.7 Å². The summed E-state index contributed by atoms with van der Waals surface area (Å²) in [5, 5.41) is 12.3. The van der Waals surface area contributed by atoms with Crippen molar-refractivity contribution < 1.29 is 14.7 Å². The summed E-state index contributed by atoms with van der Waals surface area (Å²) < 4.78 is 0.972. The van der Waals surface area contributed by atoms with E-state index in [1.807, 2.05) is 24.3 Å². The van der Waals surface area contributed by atoms with E-state index in [1.54, 1.807) is 0 Å². The molecule has 0 radical (unpaired) electrons. The molecule has 0 spiro atoms. The van der Waals surface area contributed by atoms with Crippen LogP contribution in [0.3, 0.4) is 0 Å². The zero-order valence-electron chi connectivity index (χ0n) is 11.5. The number of nitrogens with one attached hydrogen (secondary N) is 2. The molecule has 0 atom stereocenters. The van der Waals surface area contributed by atoms with Crippen molar-refractivity contribution in [2.24, 2.45) is 0 Å². The number of fused-ring (bicyclic) bond motifs is 1. The van der Waals surface area contributed by atoms with Crippen molar-refractivity contribution in [2.75, 3.05) is 6.54 Å². The zero-order chi connectivity index (χ0) is 15.2. The van der Waals surface area contributed by atoms with Crippen molar-refractivity contribution in [3.63, 3.8) is 0 Å². The number of carbonyl (C=O) groups is 2. The average Bonchev–Trinajstić information content (AvgIpc) is 2.85. The number of benzene rings is 1. The van der Waals surface area contributed by atoms with Gasteiger partial charge in [-0.15, -0.1) is 0 Å². The molecule has 5 nitrogen and oxygen atoms in total. The first-order chi connectivity index (χ1) is 10.1. The van der Waals surface area contributed by atoms with Gasteiger partial charge in [0.25, 0.3) is 5.91 Å². The van der Waals surface area contributed by atoms with Crippen LogP contribution in [0.4, 0.5) is 0 Å². The Kier molecular flexibility index (Phi) is 5.38. The molecule has 6 heteroatoms. The van der Waals surface area contributed by atoms with Crippen LogP contribution in [0.25, 0.3) is 10.9 Å². The Morgan fingerprint density at radius 2 is 2.00 bits per heavy atom. The Morgan fingerprint density at radius 1 is 1.19 bits per heavy atom. The summed E-state index contributed by atoms with van der Waals surface area (Å²) in [6, 6.07) is 7.61. The number of amides is 1. The first kappa shape index (κ1) is 15.6. The fraction of sp³-hybridized carbons (Fsp3) is 0.333. The summed E-state index contributed by atoms with van der Waals surface area (Å²) in [6.45, 7) is 0.553. The molecule has 1 aromatic carbocycles. The summed E-state index contributed by atoms with van der Waals surface area (Å²) in [4.78, 5) is 25.4. The number of aromatic nitrogens is 1. The van der Waals surface area contributed by atoms with Crippen molar-refractivity contribution in [3.8, 4) is 0 Å². The Morgan fingerprint density at radius 3 is 2.76 bits per heavy atom. The van der Waals surface area contributed by atoms with Gasteiger partial charge in [-0.25, -0.2) is 0 Å². The highest BCUT2D eigenvalue weighted by Gasteiger charge is 2.09.